The summed E-state index contributed by atoms with van der Waals surface area (Å²) in [6.07, 6.45) is 0.985. The third-order valence-corrected chi connectivity index (χ3v) is 1.91. The van der Waals surface area contributed by atoms with Gasteiger partial charge in [0.15, 0.2) is 0 Å². The molecule has 0 aromatic carbocycles. The molecule has 13 heavy (non-hydrogen) atoms. The van der Waals surface area contributed by atoms with Gasteiger partial charge in [0, 0.05) is 0 Å². The molecule has 1 aromatic heterocycles. The lowest BCUT2D eigenvalue weighted by Gasteiger charge is -1.98. The lowest BCUT2D eigenvalue weighted by atomic mass is 10.4. The molecule has 3 N–H and O–H groups in total. The Bertz CT molecular complexity index is 238. The fraction of sp³-hybridized carbons (Fsp3) is 0.667. The predicted molar refractivity (Wildman–Crippen MR) is 51.4 cm³/mol. The van der Waals surface area contributed by atoms with Crippen molar-refractivity contribution in [3.8, 4) is 0 Å². The van der Waals surface area contributed by atoms with Crippen molar-refractivity contribution in [1.82, 2.24) is 10.3 Å². The van der Waals surface area contributed by atoms with Crippen LogP contribution in [0.1, 0.15) is 23.8 Å². The Morgan fingerprint density at radius 3 is 2.77 bits per heavy atom. The molecule has 0 aliphatic heterocycles. The second-order valence-electron chi connectivity index (χ2n) is 3.07. The zero-order valence-corrected chi connectivity index (χ0v) is 8.26. The predicted octanol–water partition coefficient (Wildman–Crippen LogP) is 0.730. The van der Waals surface area contributed by atoms with Gasteiger partial charge in [-0.1, -0.05) is 0 Å². The summed E-state index contributed by atoms with van der Waals surface area (Å²) in [7, 11) is 0. The highest BCUT2D eigenvalue weighted by molar-refractivity contribution is 5.04. The van der Waals surface area contributed by atoms with Gasteiger partial charge in [-0.05, 0) is 33.4 Å². The number of hydrogen-bond acceptors (Lipinski definition) is 4. The first kappa shape index (κ1) is 10.2. The van der Waals surface area contributed by atoms with Gasteiger partial charge in [-0.25, -0.2) is 4.98 Å². The van der Waals surface area contributed by atoms with E-state index in [1.165, 1.54) is 0 Å². The highest BCUT2D eigenvalue weighted by atomic mass is 16.4. The van der Waals surface area contributed by atoms with Crippen molar-refractivity contribution >= 4 is 0 Å². The van der Waals surface area contributed by atoms with Crippen molar-refractivity contribution < 1.29 is 4.42 Å². The molecule has 4 heteroatoms. The second-order valence-corrected chi connectivity index (χ2v) is 3.07. The third kappa shape index (κ3) is 3.16. The zero-order valence-electron chi connectivity index (χ0n) is 8.26. The lowest BCUT2D eigenvalue weighted by Crippen LogP contribution is -2.17. The van der Waals surface area contributed by atoms with Crippen LogP contribution in [0.5, 0.6) is 0 Å². The summed E-state index contributed by atoms with van der Waals surface area (Å²) in [5.74, 6) is 1.66. The maximum Gasteiger partial charge on any atom is 0.208 e. The number of rotatable bonds is 5. The molecule has 0 atom stereocenters. The average molecular weight is 183 g/mol. The van der Waals surface area contributed by atoms with Crippen molar-refractivity contribution in [3.63, 3.8) is 0 Å². The van der Waals surface area contributed by atoms with E-state index in [1.807, 2.05) is 13.8 Å². The molecule has 1 heterocycles. The maximum atomic E-state index is 5.39. The zero-order chi connectivity index (χ0) is 9.68. The summed E-state index contributed by atoms with van der Waals surface area (Å²) < 4.78 is 5.39. The Morgan fingerprint density at radius 2 is 2.23 bits per heavy atom. The van der Waals surface area contributed by atoms with E-state index in [9.17, 15) is 0 Å². The number of oxazole rings is 1. The minimum absolute atomic E-state index is 0.689. The van der Waals surface area contributed by atoms with E-state index in [0.29, 0.717) is 6.54 Å². The molecule has 1 rings (SSSR count). The van der Waals surface area contributed by atoms with Crippen LogP contribution in [0.3, 0.4) is 0 Å². The van der Waals surface area contributed by atoms with Gasteiger partial charge in [0.05, 0.1) is 12.2 Å². The van der Waals surface area contributed by atoms with Crippen molar-refractivity contribution in [1.29, 1.82) is 0 Å². The van der Waals surface area contributed by atoms with Gasteiger partial charge in [0.1, 0.15) is 5.76 Å². The summed E-state index contributed by atoms with van der Waals surface area (Å²) in [6, 6.07) is 0. The van der Waals surface area contributed by atoms with Crippen LogP contribution in [-0.4, -0.2) is 18.1 Å². The van der Waals surface area contributed by atoms with Crippen LogP contribution in [-0.2, 0) is 6.54 Å². The van der Waals surface area contributed by atoms with Crippen LogP contribution in [0, 0.1) is 13.8 Å². The molecule has 0 bridgehead atoms. The monoisotopic (exact) mass is 183 g/mol. The average Bonchev–Trinajstić information content (AvgIpc) is 2.41. The summed E-state index contributed by atoms with van der Waals surface area (Å²) in [6.45, 7) is 6.19. The molecule has 0 radical (unpaired) electrons. The first-order valence-corrected chi connectivity index (χ1v) is 4.57. The molecule has 1 aromatic rings. The molecule has 0 amide bonds. The van der Waals surface area contributed by atoms with Crippen LogP contribution in [0.2, 0.25) is 0 Å². The van der Waals surface area contributed by atoms with Crippen LogP contribution in [0.15, 0.2) is 4.42 Å². The Labute approximate surface area is 78.5 Å². The standard InChI is InChI=1S/C9H17N3O/c1-7-8(2)13-9(12-7)6-11-5-3-4-10/h11H,3-6,10H2,1-2H3. The number of hydrogen-bond donors (Lipinski definition) is 2. The Hall–Kier alpha value is -0.870. The van der Waals surface area contributed by atoms with Crippen LogP contribution in [0.4, 0.5) is 0 Å². The highest BCUT2D eigenvalue weighted by Crippen LogP contribution is 2.07. The van der Waals surface area contributed by atoms with Crippen LogP contribution < -0.4 is 11.1 Å². The molecule has 0 saturated carbocycles. The largest absolute Gasteiger partial charge is 0.444 e. The third-order valence-electron chi connectivity index (χ3n) is 1.91. The second kappa shape index (κ2) is 4.99. The molecule has 0 unspecified atom stereocenters. The Balaban J connectivity index is 2.29. The first-order chi connectivity index (χ1) is 6.24. The molecule has 0 spiro atoms. The van der Waals surface area contributed by atoms with Gasteiger partial charge < -0.3 is 15.5 Å². The van der Waals surface area contributed by atoms with Crippen LogP contribution in [0.25, 0.3) is 0 Å². The van der Waals surface area contributed by atoms with E-state index < -0.39 is 0 Å². The molecule has 0 saturated heterocycles. The molecule has 0 aliphatic rings. The number of nitrogens with two attached hydrogens (primary N) is 1. The molecular weight excluding hydrogens is 166 g/mol. The van der Waals surface area contributed by atoms with Crippen molar-refractivity contribution in [2.24, 2.45) is 5.73 Å². The summed E-state index contributed by atoms with van der Waals surface area (Å²) in [5.41, 5.74) is 6.33. The molecule has 0 fully saturated rings. The first-order valence-electron chi connectivity index (χ1n) is 4.57. The SMILES string of the molecule is Cc1nc(CNCCCN)oc1C. The van der Waals surface area contributed by atoms with Crippen molar-refractivity contribution in [2.75, 3.05) is 13.1 Å². The minimum Gasteiger partial charge on any atom is -0.444 e. The van der Waals surface area contributed by atoms with E-state index in [1.54, 1.807) is 0 Å². The molecule has 4 nitrogen and oxygen atoms in total. The Kier molecular flexibility index (Phi) is 3.92. The molecule has 74 valence electrons. The summed E-state index contributed by atoms with van der Waals surface area (Å²) >= 11 is 0. The van der Waals surface area contributed by atoms with E-state index in [0.717, 1.165) is 36.9 Å². The van der Waals surface area contributed by atoms with E-state index in [-0.39, 0.29) is 0 Å². The fourth-order valence-corrected chi connectivity index (χ4v) is 1.04. The number of aryl methyl sites for hydroxylation is 2. The smallest absolute Gasteiger partial charge is 0.208 e. The lowest BCUT2D eigenvalue weighted by molar-refractivity contribution is 0.448. The Morgan fingerprint density at radius 1 is 1.46 bits per heavy atom. The summed E-state index contributed by atoms with van der Waals surface area (Å²) in [5, 5.41) is 3.21. The van der Waals surface area contributed by atoms with Gasteiger partial charge in [-0.15, -0.1) is 0 Å². The van der Waals surface area contributed by atoms with Gasteiger partial charge in [-0.3, -0.25) is 0 Å². The van der Waals surface area contributed by atoms with Gasteiger partial charge in [0.25, 0.3) is 0 Å². The normalized spacial score (nSPS) is 10.7. The van der Waals surface area contributed by atoms with Crippen molar-refractivity contribution in [2.45, 2.75) is 26.8 Å². The summed E-state index contributed by atoms with van der Waals surface area (Å²) in [4.78, 5) is 4.25. The van der Waals surface area contributed by atoms with Gasteiger partial charge >= 0.3 is 0 Å². The van der Waals surface area contributed by atoms with E-state index in [2.05, 4.69) is 10.3 Å². The minimum atomic E-state index is 0.689. The topological polar surface area (TPSA) is 64.1 Å². The van der Waals surface area contributed by atoms with E-state index in [4.69, 9.17) is 10.2 Å². The number of aromatic nitrogens is 1. The van der Waals surface area contributed by atoms with Crippen LogP contribution >= 0.6 is 0 Å². The van der Waals surface area contributed by atoms with E-state index >= 15 is 0 Å². The molecule has 0 aliphatic carbocycles. The van der Waals surface area contributed by atoms with Gasteiger partial charge in [0.2, 0.25) is 5.89 Å². The highest BCUT2D eigenvalue weighted by Gasteiger charge is 2.03. The van der Waals surface area contributed by atoms with Crippen molar-refractivity contribution in [3.05, 3.63) is 17.3 Å². The maximum absolute atomic E-state index is 5.39. The van der Waals surface area contributed by atoms with Gasteiger partial charge in [-0.2, -0.15) is 0 Å². The number of nitrogens with zero attached hydrogens (tertiary/aromatic N) is 1. The quantitative estimate of drug-likeness (QED) is 0.660. The fourth-order valence-electron chi connectivity index (χ4n) is 1.04. The molecular formula is C9H17N3O. The number of nitrogens with one attached hydrogen (secondary N) is 1.